The smallest absolute Gasteiger partial charge is 0.347 e. The Balaban J connectivity index is 3.53. The number of carbonyl (C=O) groups excluding carboxylic acids is 2. The van der Waals surface area contributed by atoms with E-state index in [1.54, 1.807) is 10.6 Å². The van der Waals surface area contributed by atoms with Crippen LogP contribution in [0, 0.1) is 0 Å². The molecule has 0 radical (unpaired) electrons. The van der Waals surface area contributed by atoms with Gasteiger partial charge in [-0.3, -0.25) is 9.59 Å². The summed E-state index contributed by atoms with van der Waals surface area (Å²) in [5, 5.41) is 3.19. The highest BCUT2D eigenvalue weighted by Gasteiger charge is 2.38. The van der Waals surface area contributed by atoms with Crippen LogP contribution in [-0.2, 0) is 9.59 Å². The lowest BCUT2D eigenvalue weighted by molar-refractivity contribution is -0.173. The number of rotatable bonds is 6. The number of hydrogen-bond acceptors (Lipinski definition) is 3. The van der Waals surface area contributed by atoms with Gasteiger partial charge < -0.3 is 10.6 Å². The van der Waals surface area contributed by atoms with Crippen molar-refractivity contribution in [3.05, 3.63) is 0 Å². The quantitative estimate of drug-likeness (QED) is 0.570. The molecule has 0 atom stereocenters. The first-order valence-corrected chi connectivity index (χ1v) is 5.98. The predicted octanol–water partition coefficient (Wildman–Crippen LogP) is 1.08. The highest BCUT2D eigenvalue weighted by Crippen LogP contribution is 2.14. The fourth-order valence-electron chi connectivity index (χ4n) is 0.776. The molecule has 19 heavy (non-hydrogen) atoms. The molecular formula is C8H10F6N2O2S. The van der Waals surface area contributed by atoms with E-state index in [2.05, 4.69) is 0 Å². The van der Waals surface area contributed by atoms with Crippen molar-refractivity contribution in [1.29, 1.82) is 0 Å². The van der Waals surface area contributed by atoms with Crippen LogP contribution in [-0.4, -0.2) is 48.8 Å². The zero-order valence-corrected chi connectivity index (χ0v) is 10.1. The number of amides is 2. The van der Waals surface area contributed by atoms with Crippen LogP contribution in [0.15, 0.2) is 0 Å². The lowest BCUT2D eigenvalue weighted by atomic mass is 10.5. The van der Waals surface area contributed by atoms with E-state index in [1.807, 2.05) is 0 Å². The summed E-state index contributed by atoms with van der Waals surface area (Å²) in [6, 6.07) is 0. The van der Waals surface area contributed by atoms with Gasteiger partial charge in [0, 0.05) is 24.6 Å². The molecule has 0 saturated carbocycles. The Kier molecular flexibility index (Phi) is 7.01. The molecule has 0 unspecified atom stereocenters. The van der Waals surface area contributed by atoms with Crippen LogP contribution >= 0.6 is 11.8 Å². The number of thioether (sulfide) groups is 1. The number of alkyl halides is 6. The molecule has 112 valence electrons. The number of carbonyl (C=O) groups is 2. The van der Waals surface area contributed by atoms with E-state index >= 15 is 0 Å². The topological polar surface area (TPSA) is 58.2 Å². The van der Waals surface area contributed by atoms with Gasteiger partial charge in [-0.1, -0.05) is 0 Å². The van der Waals surface area contributed by atoms with E-state index in [0.717, 1.165) is 11.8 Å². The van der Waals surface area contributed by atoms with Gasteiger partial charge in [-0.05, 0) is 0 Å². The molecule has 0 aliphatic rings. The molecule has 4 nitrogen and oxygen atoms in total. The van der Waals surface area contributed by atoms with Crippen molar-refractivity contribution in [3.8, 4) is 0 Å². The SMILES string of the molecule is O=C(NCCSCCNC(=O)C(F)(F)F)C(F)(F)F. The van der Waals surface area contributed by atoms with Crippen molar-refractivity contribution in [2.45, 2.75) is 12.4 Å². The number of hydrogen-bond donors (Lipinski definition) is 2. The summed E-state index contributed by atoms with van der Waals surface area (Å²) in [5.41, 5.74) is 0. The molecule has 0 bridgehead atoms. The largest absolute Gasteiger partial charge is 0.471 e. The third-order valence-electron chi connectivity index (χ3n) is 1.58. The van der Waals surface area contributed by atoms with Crippen LogP contribution in [0.4, 0.5) is 26.3 Å². The average molecular weight is 312 g/mol. The van der Waals surface area contributed by atoms with E-state index in [4.69, 9.17) is 0 Å². The first-order valence-electron chi connectivity index (χ1n) is 4.83. The molecule has 0 fully saturated rings. The minimum atomic E-state index is -4.95. The summed E-state index contributed by atoms with van der Waals surface area (Å²) in [7, 11) is 0. The standard InChI is InChI=1S/C8H10F6N2O2S/c9-7(10,11)5(17)15-1-3-19-4-2-16-6(18)8(12,13)14/h1-4H2,(H,15,17)(H,16,18). The van der Waals surface area contributed by atoms with Crippen molar-refractivity contribution < 1.29 is 35.9 Å². The van der Waals surface area contributed by atoms with Crippen LogP contribution in [0.25, 0.3) is 0 Å². The van der Waals surface area contributed by atoms with Crippen molar-refractivity contribution >= 4 is 23.6 Å². The molecule has 0 saturated heterocycles. The Bertz CT molecular complexity index is 287. The molecule has 2 N–H and O–H groups in total. The van der Waals surface area contributed by atoms with Crippen LogP contribution < -0.4 is 10.6 Å². The van der Waals surface area contributed by atoms with Crippen LogP contribution in [0.3, 0.4) is 0 Å². The first kappa shape index (κ1) is 17.9. The van der Waals surface area contributed by atoms with Crippen LogP contribution in [0.1, 0.15) is 0 Å². The average Bonchev–Trinajstić information content (AvgIpc) is 2.24. The number of nitrogens with one attached hydrogen (secondary N) is 2. The number of halogens is 6. The summed E-state index contributed by atoms with van der Waals surface area (Å²) >= 11 is 0.994. The third kappa shape index (κ3) is 8.56. The molecule has 0 rings (SSSR count). The monoisotopic (exact) mass is 312 g/mol. The molecular weight excluding hydrogens is 302 g/mol. The van der Waals surface area contributed by atoms with E-state index in [9.17, 15) is 35.9 Å². The fraction of sp³-hybridized carbons (Fsp3) is 0.750. The summed E-state index contributed by atoms with van der Waals surface area (Å²) in [6.45, 7) is -0.535. The molecule has 2 amide bonds. The molecule has 11 heteroatoms. The summed E-state index contributed by atoms with van der Waals surface area (Å²) in [5.74, 6) is -3.97. The van der Waals surface area contributed by atoms with Gasteiger partial charge in [0.05, 0.1) is 0 Å². The Morgan fingerprint density at radius 1 is 0.789 bits per heavy atom. The highest BCUT2D eigenvalue weighted by molar-refractivity contribution is 7.99. The fourth-order valence-corrected chi connectivity index (χ4v) is 1.47. The maximum Gasteiger partial charge on any atom is 0.471 e. The van der Waals surface area contributed by atoms with Gasteiger partial charge in [-0.25, -0.2) is 0 Å². The highest BCUT2D eigenvalue weighted by atomic mass is 32.2. The maximum atomic E-state index is 11.7. The van der Waals surface area contributed by atoms with Crippen molar-refractivity contribution in [2.24, 2.45) is 0 Å². The molecule has 0 aliphatic carbocycles. The molecule has 0 aromatic carbocycles. The van der Waals surface area contributed by atoms with E-state index in [0.29, 0.717) is 0 Å². The van der Waals surface area contributed by atoms with Gasteiger partial charge in [0.1, 0.15) is 0 Å². The van der Waals surface area contributed by atoms with Crippen LogP contribution in [0.5, 0.6) is 0 Å². The Morgan fingerprint density at radius 3 is 1.37 bits per heavy atom. The normalized spacial score (nSPS) is 12.1. The summed E-state index contributed by atoms with van der Waals surface area (Å²) in [6.07, 6.45) is -9.91. The van der Waals surface area contributed by atoms with E-state index in [1.165, 1.54) is 0 Å². The van der Waals surface area contributed by atoms with Crippen molar-refractivity contribution in [2.75, 3.05) is 24.6 Å². The maximum absolute atomic E-state index is 11.7. The van der Waals surface area contributed by atoms with Gasteiger partial charge in [0.25, 0.3) is 0 Å². The van der Waals surface area contributed by atoms with Crippen molar-refractivity contribution in [1.82, 2.24) is 10.6 Å². The predicted molar refractivity (Wildman–Crippen MR) is 55.5 cm³/mol. The van der Waals surface area contributed by atoms with Gasteiger partial charge in [-0.15, -0.1) is 0 Å². The Labute approximate surface area is 108 Å². The van der Waals surface area contributed by atoms with Gasteiger partial charge >= 0.3 is 24.2 Å². The van der Waals surface area contributed by atoms with Crippen LogP contribution in [0.2, 0.25) is 0 Å². The van der Waals surface area contributed by atoms with E-state index in [-0.39, 0.29) is 24.6 Å². The zero-order valence-electron chi connectivity index (χ0n) is 9.32. The molecule has 0 heterocycles. The minimum absolute atomic E-state index is 0.0870. The second-order valence-corrected chi connectivity index (χ2v) is 4.34. The second kappa shape index (κ2) is 7.46. The molecule has 0 aromatic rings. The lowest BCUT2D eigenvalue weighted by Crippen LogP contribution is -2.38. The van der Waals surface area contributed by atoms with Gasteiger partial charge in [0.15, 0.2) is 0 Å². The Hall–Kier alpha value is -1.13. The first-order chi connectivity index (χ1) is 8.55. The second-order valence-electron chi connectivity index (χ2n) is 3.12. The summed E-state index contributed by atoms with van der Waals surface area (Å²) < 4.78 is 70.2. The van der Waals surface area contributed by atoms with Gasteiger partial charge in [-0.2, -0.15) is 38.1 Å². The van der Waals surface area contributed by atoms with E-state index < -0.39 is 24.2 Å². The minimum Gasteiger partial charge on any atom is -0.347 e. The molecule has 0 aromatic heterocycles. The summed E-state index contributed by atoms with van der Waals surface area (Å²) in [4.78, 5) is 20.7. The van der Waals surface area contributed by atoms with Crippen molar-refractivity contribution in [3.63, 3.8) is 0 Å². The van der Waals surface area contributed by atoms with Gasteiger partial charge in [0.2, 0.25) is 0 Å². The molecule has 0 spiro atoms. The zero-order chi connectivity index (χ0) is 15.1. The molecule has 0 aliphatic heterocycles. The lowest BCUT2D eigenvalue weighted by Gasteiger charge is -2.08. The third-order valence-corrected chi connectivity index (χ3v) is 2.56. The Morgan fingerprint density at radius 2 is 1.11 bits per heavy atom.